The highest BCUT2D eigenvalue weighted by Gasteiger charge is 2.45. The van der Waals surface area contributed by atoms with Crippen molar-refractivity contribution in [1.82, 2.24) is 10.2 Å². The summed E-state index contributed by atoms with van der Waals surface area (Å²) in [6.45, 7) is 1.95. The molecule has 0 bridgehead atoms. The van der Waals surface area contributed by atoms with Gasteiger partial charge in [0, 0.05) is 6.07 Å². The summed E-state index contributed by atoms with van der Waals surface area (Å²) in [4.78, 5) is 28.4. The molecule has 0 saturated carbocycles. The normalized spacial score (nSPS) is 15.5. The van der Waals surface area contributed by atoms with Gasteiger partial charge in [0.15, 0.2) is 5.43 Å². The van der Waals surface area contributed by atoms with Crippen LogP contribution in [0.3, 0.4) is 0 Å². The summed E-state index contributed by atoms with van der Waals surface area (Å²) >= 11 is 1.28. The molecular formula is C22H17N3O5S. The van der Waals surface area contributed by atoms with Gasteiger partial charge in [0.2, 0.25) is 10.9 Å². The summed E-state index contributed by atoms with van der Waals surface area (Å²) in [6, 6.07) is 10.5. The maximum atomic E-state index is 13.5. The molecule has 0 radical (unpaired) electrons. The van der Waals surface area contributed by atoms with Crippen molar-refractivity contribution in [1.29, 1.82) is 0 Å². The van der Waals surface area contributed by atoms with Gasteiger partial charge in [0.05, 0.1) is 24.1 Å². The lowest BCUT2D eigenvalue weighted by Gasteiger charge is -2.22. The van der Waals surface area contributed by atoms with E-state index >= 15 is 0 Å². The van der Waals surface area contributed by atoms with E-state index in [-0.39, 0.29) is 28.1 Å². The SMILES string of the molecule is CCc1nnc(N2C(=O)c3oc4cc(OC)ccc4c(=O)c3C2c2cccc(O)c2)s1. The number of anilines is 1. The highest BCUT2D eigenvalue weighted by molar-refractivity contribution is 7.15. The van der Waals surface area contributed by atoms with Crippen LogP contribution in [0.1, 0.15) is 39.7 Å². The molecule has 5 rings (SSSR count). The van der Waals surface area contributed by atoms with Crippen molar-refractivity contribution in [2.45, 2.75) is 19.4 Å². The van der Waals surface area contributed by atoms with E-state index in [0.717, 1.165) is 5.01 Å². The van der Waals surface area contributed by atoms with Crippen LogP contribution in [-0.4, -0.2) is 28.3 Å². The van der Waals surface area contributed by atoms with Gasteiger partial charge in [0.25, 0.3) is 5.91 Å². The Morgan fingerprint density at radius 3 is 2.74 bits per heavy atom. The van der Waals surface area contributed by atoms with Crippen molar-refractivity contribution in [2.75, 3.05) is 12.0 Å². The third kappa shape index (κ3) is 2.97. The van der Waals surface area contributed by atoms with Gasteiger partial charge < -0.3 is 14.3 Å². The zero-order chi connectivity index (χ0) is 21.7. The summed E-state index contributed by atoms with van der Waals surface area (Å²) in [5, 5.41) is 19.8. The second kappa shape index (κ2) is 7.21. The summed E-state index contributed by atoms with van der Waals surface area (Å²) in [6.07, 6.45) is 0.671. The third-order valence-corrected chi connectivity index (χ3v) is 6.30. The fourth-order valence-corrected chi connectivity index (χ4v) is 4.58. The molecule has 0 saturated heterocycles. The van der Waals surface area contributed by atoms with E-state index in [2.05, 4.69) is 10.2 Å². The number of nitrogens with zero attached hydrogens (tertiary/aromatic N) is 3. The fraction of sp³-hybridized carbons (Fsp3) is 0.182. The maximum absolute atomic E-state index is 13.5. The Morgan fingerprint density at radius 2 is 2.03 bits per heavy atom. The summed E-state index contributed by atoms with van der Waals surface area (Å²) in [7, 11) is 1.51. The number of hydrogen-bond donors (Lipinski definition) is 1. The smallest absolute Gasteiger partial charge is 0.297 e. The van der Waals surface area contributed by atoms with E-state index in [1.54, 1.807) is 30.3 Å². The van der Waals surface area contributed by atoms with Crippen LogP contribution in [-0.2, 0) is 6.42 Å². The predicted octanol–water partition coefficient (Wildman–Crippen LogP) is 3.67. The quantitative estimate of drug-likeness (QED) is 0.521. The highest BCUT2D eigenvalue weighted by Crippen LogP contribution is 2.42. The molecule has 9 heteroatoms. The zero-order valence-electron chi connectivity index (χ0n) is 16.7. The molecule has 0 fully saturated rings. The molecule has 1 amide bonds. The molecule has 156 valence electrons. The molecule has 1 aliphatic heterocycles. The Labute approximate surface area is 180 Å². The minimum atomic E-state index is -0.796. The van der Waals surface area contributed by atoms with Gasteiger partial charge in [-0.15, -0.1) is 10.2 Å². The number of aryl methyl sites for hydroxylation is 1. The number of phenolic OH excluding ortho intramolecular Hbond substituents is 1. The number of benzene rings is 2. The number of phenols is 1. The molecule has 2 aromatic carbocycles. The van der Waals surface area contributed by atoms with E-state index in [9.17, 15) is 14.7 Å². The van der Waals surface area contributed by atoms with Crippen molar-refractivity contribution in [3.05, 3.63) is 74.6 Å². The molecule has 2 aromatic heterocycles. The van der Waals surface area contributed by atoms with Crippen molar-refractivity contribution < 1.29 is 19.1 Å². The summed E-state index contributed by atoms with van der Waals surface area (Å²) in [5.41, 5.74) is 0.727. The number of aromatic nitrogens is 2. The van der Waals surface area contributed by atoms with Crippen LogP contribution >= 0.6 is 11.3 Å². The number of hydrogen-bond acceptors (Lipinski definition) is 8. The third-order valence-electron chi connectivity index (χ3n) is 5.23. The van der Waals surface area contributed by atoms with Crippen molar-refractivity contribution in [2.24, 2.45) is 0 Å². The van der Waals surface area contributed by atoms with E-state index in [4.69, 9.17) is 9.15 Å². The van der Waals surface area contributed by atoms with Crippen LogP contribution in [0.2, 0.25) is 0 Å². The van der Waals surface area contributed by atoms with E-state index < -0.39 is 11.9 Å². The molecule has 31 heavy (non-hydrogen) atoms. The number of ether oxygens (including phenoxy) is 1. The van der Waals surface area contributed by atoms with Crippen molar-refractivity contribution in [3.63, 3.8) is 0 Å². The first-order chi connectivity index (χ1) is 15.0. The zero-order valence-corrected chi connectivity index (χ0v) is 17.5. The number of aromatic hydroxyl groups is 1. The Hall–Kier alpha value is -3.72. The number of carbonyl (C=O) groups is 1. The topological polar surface area (TPSA) is 106 Å². The molecule has 1 unspecified atom stereocenters. The largest absolute Gasteiger partial charge is 0.508 e. The van der Waals surface area contributed by atoms with Gasteiger partial charge in [-0.05, 0) is 36.2 Å². The first kappa shape index (κ1) is 19.3. The van der Waals surface area contributed by atoms with Gasteiger partial charge in [-0.25, -0.2) is 0 Å². The summed E-state index contributed by atoms with van der Waals surface area (Å²) < 4.78 is 11.1. The number of fused-ring (bicyclic) bond motifs is 2. The monoisotopic (exact) mass is 435 g/mol. The first-order valence-electron chi connectivity index (χ1n) is 9.61. The van der Waals surface area contributed by atoms with Crippen LogP contribution in [0.4, 0.5) is 5.13 Å². The molecule has 1 N–H and O–H groups in total. The number of carbonyl (C=O) groups excluding carboxylic acids is 1. The number of methoxy groups -OCH3 is 1. The Balaban J connectivity index is 1.80. The van der Waals surface area contributed by atoms with E-state index in [1.165, 1.54) is 35.5 Å². The van der Waals surface area contributed by atoms with Crippen LogP contribution < -0.4 is 15.1 Å². The van der Waals surface area contributed by atoms with Gasteiger partial charge in [0.1, 0.15) is 22.1 Å². The van der Waals surface area contributed by atoms with Gasteiger partial charge >= 0.3 is 0 Å². The van der Waals surface area contributed by atoms with Gasteiger partial charge in [-0.1, -0.05) is 30.4 Å². The lowest BCUT2D eigenvalue weighted by atomic mass is 9.98. The van der Waals surface area contributed by atoms with Gasteiger partial charge in [-0.2, -0.15) is 0 Å². The van der Waals surface area contributed by atoms with Crippen LogP contribution in [0, 0.1) is 0 Å². The molecule has 4 aromatic rings. The minimum absolute atomic E-state index is 0.0276. The molecule has 1 aliphatic rings. The molecular weight excluding hydrogens is 418 g/mol. The molecule has 0 aliphatic carbocycles. The van der Waals surface area contributed by atoms with E-state index in [0.29, 0.717) is 28.3 Å². The number of amides is 1. The Kier molecular flexibility index (Phi) is 4.48. The molecule has 0 spiro atoms. The van der Waals surface area contributed by atoms with E-state index in [1.807, 2.05) is 6.92 Å². The van der Waals surface area contributed by atoms with Crippen LogP contribution in [0.25, 0.3) is 11.0 Å². The molecule has 1 atom stereocenters. The molecule has 8 nitrogen and oxygen atoms in total. The average Bonchev–Trinajstić information content (AvgIpc) is 3.36. The van der Waals surface area contributed by atoms with Crippen molar-refractivity contribution >= 4 is 33.3 Å². The van der Waals surface area contributed by atoms with Gasteiger partial charge in [-0.3, -0.25) is 14.5 Å². The first-order valence-corrected chi connectivity index (χ1v) is 10.4. The summed E-state index contributed by atoms with van der Waals surface area (Å²) in [5.74, 6) is 0.00947. The van der Waals surface area contributed by atoms with Crippen LogP contribution in [0.5, 0.6) is 11.5 Å². The molecule has 3 heterocycles. The highest BCUT2D eigenvalue weighted by atomic mass is 32.1. The average molecular weight is 435 g/mol. The van der Waals surface area contributed by atoms with Crippen LogP contribution in [0.15, 0.2) is 51.7 Å². The maximum Gasteiger partial charge on any atom is 0.297 e. The number of rotatable bonds is 4. The van der Waals surface area contributed by atoms with Crippen molar-refractivity contribution in [3.8, 4) is 11.5 Å². The Bertz CT molecular complexity index is 1390. The lowest BCUT2D eigenvalue weighted by Crippen LogP contribution is -2.29. The predicted molar refractivity (Wildman–Crippen MR) is 115 cm³/mol. The standard InChI is InChI=1S/C22H17N3O5S/c1-3-16-23-24-22(31-16)25-18(11-5-4-6-12(26)9-11)17-19(27)14-8-7-13(29-2)10-15(14)30-20(17)21(25)28/h4-10,18,26H,3H2,1-2H3. The second-order valence-electron chi connectivity index (χ2n) is 7.04. The second-order valence-corrected chi connectivity index (χ2v) is 8.08. The minimum Gasteiger partial charge on any atom is -0.508 e. The fourth-order valence-electron chi connectivity index (χ4n) is 3.77. The lowest BCUT2D eigenvalue weighted by molar-refractivity contribution is 0.0970. The Morgan fingerprint density at radius 1 is 1.19 bits per heavy atom.